The van der Waals surface area contributed by atoms with Gasteiger partial charge in [-0.05, 0) is 51.0 Å². The second-order valence-electron chi connectivity index (χ2n) is 7.94. The van der Waals surface area contributed by atoms with E-state index in [4.69, 9.17) is 9.47 Å². The van der Waals surface area contributed by atoms with Crippen LogP contribution in [0.4, 0.5) is 0 Å². The van der Waals surface area contributed by atoms with Crippen LogP contribution in [0.5, 0.6) is 11.5 Å². The lowest BCUT2D eigenvalue weighted by atomic mass is 10.1. The van der Waals surface area contributed by atoms with Crippen LogP contribution in [-0.2, 0) is 9.53 Å². The van der Waals surface area contributed by atoms with Gasteiger partial charge >= 0.3 is 5.97 Å². The molecule has 0 aromatic heterocycles. The molecular weight excluding hydrogens is 400 g/mol. The van der Waals surface area contributed by atoms with Crippen molar-refractivity contribution >= 4 is 12.0 Å². The summed E-state index contributed by atoms with van der Waals surface area (Å²) in [6.07, 6.45) is 19.8. The Morgan fingerprint density at radius 2 is 1.69 bits per heavy atom. The number of unbranched alkanes of at least 4 members (excludes halogenated alkanes) is 6. The van der Waals surface area contributed by atoms with E-state index in [0.29, 0.717) is 13.2 Å². The van der Waals surface area contributed by atoms with Crippen LogP contribution in [0.1, 0.15) is 78.2 Å². The van der Waals surface area contributed by atoms with Gasteiger partial charge in [-0.1, -0.05) is 81.4 Å². The maximum atomic E-state index is 11.4. The van der Waals surface area contributed by atoms with Crippen LogP contribution in [0.25, 0.3) is 6.08 Å². The summed E-state index contributed by atoms with van der Waals surface area (Å²) >= 11 is 0. The number of phenols is 1. The first-order valence-electron chi connectivity index (χ1n) is 11.8. The molecule has 0 saturated heterocycles. The van der Waals surface area contributed by atoms with Gasteiger partial charge in [-0.2, -0.15) is 0 Å². The minimum Gasteiger partial charge on any atom is -0.508 e. The van der Waals surface area contributed by atoms with Gasteiger partial charge in [0.1, 0.15) is 11.5 Å². The van der Waals surface area contributed by atoms with E-state index in [1.165, 1.54) is 44.6 Å². The third-order valence-electron chi connectivity index (χ3n) is 4.87. The Hall–Kier alpha value is -2.75. The number of carbonyl (C=O) groups excluding carboxylic acids is 1. The van der Waals surface area contributed by atoms with Crippen LogP contribution >= 0.6 is 0 Å². The molecule has 0 atom stereocenters. The Morgan fingerprint density at radius 3 is 2.41 bits per heavy atom. The summed E-state index contributed by atoms with van der Waals surface area (Å²) in [5, 5.41) is 9.87. The van der Waals surface area contributed by atoms with Gasteiger partial charge in [0.25, 0.3) is 0 Å². The molecule has 0 bridgehead atoms. The average molecular weight is 441 g/mol. The zero-order chi connectivity index (χ0) is 23.6. The molecule has 0 radical (unpaired) electrons. The molecule has 4 heteroatoms. The number of carbonyl (C=O) groups is 1. The number of rotatable bonds is 15. The van der Waals surface area contributed by atoms with Gasteiger partial charge in [0.05, 0.1) is 13.2 Å². The predicted octanol–water partition coefficient (Wildman–Crippen LogP) is 7.55. The van der Waals surface area contributed by atoms with E-state index in [0.717, 1.165) is 28.9 Å². The number of benzene rings is 1. The molecule has 0 aliphatic rings. The lowest BCUT2D eigenvalue weighted by molar-refractivity contribution is -0.137. The molecule has 32 heavy (non-hydrogen) atoms. The Kier molecular flexibility index (Phi) is 14.4. The molecule has 1 aromatic carbocycles. The van der Waals surface area contributed by atoms with Crippen LogP contribution < -0.4 is 4.74 Å². The predicted molar refractivity (Wildman–Crippen MR) is 134 cm³/mol. The molecule has 0 saturated carbocycles. The molecule has 0 spiro atoms. The van der Waals surface area contributed by atoms with Crippen LogP contribution in [0, 0.1) is 0 Å². The SMILES string of the molecule is CCCCCCCCCOc1ccc(O)cc1C=CC(C)=CC=CC(C)=CC(=O)OCC. The van der Waals surface area contributed by atoms with Gasteiger partial charge in [-0.15, -0.1) is 0 Å². The summed E-state index contributed by atoms with van der Waals surface area (Å²) < 4.78 is 10.9. The van der Waals surface area contributed by atoms with E-state index in [1.54, 1.807) is 19.1 Å². The molecule has 0 fully saturated rings. The first kappa shape index (κ1) is 27.3. The Morgan fingerprint density at radius 1 is 0.969 bits per heavy atom. The molecule has 4 nitrogen and oxygen atoms in total. The zero-order valence-corrected chi connectivity index (χ0v) is 20.2. The van der Waals surface area contributed by atoms with Gasteiger partial charge in [-0.25, -0.2) is 4.79 Å². The largest absolute Gasteiger partial charge is 0.508 e. The summed E-state index contributed by atoms with van der Waals surface area (Å²) in [6.45, 7) is 8.92. The number of hydrogen-bond acceptors (Lipinski definition) is 4. The molecule has 0 aliphatic heterocycles. The first-order chi connectivity index (χ1) is 15.5. The minimum absolute atomic E-state index is 0.217. The summed E-state index contributed by atoms with van der Waals surface area (Å²) in [6, 6.07) is 5.19. The fraction of sp³-hybridized carbons (Fsp3) is 0.464. The van der Waals surface area contributed by atoms with E-state index in [2.05, 4.69) is 6.92 Å². The quantitative estimate of drug-likeness (QED) is 0.132. The third-order valence-corrected chi connectivity index (χ3v) is 4.87. The number of esters is 1. The Balaban J connectivity index is 2.60. The Bertz CT molecular complexity index is 800. The van der Waals surface area contributed by atoms with Crippen molar-refractivity contribution in [2.45, 2.75) is 72.6 Å². The van der Waals surface area contributed by atoms with Crippen molar-refractivity contribution in [3.8, 4) is 11.5 Å². The number of ether oxygens (including phenoxy) is 2. The number of hydrogen-bond donors (Lipinski definition) is 1. The average Bonchev–Trinajstić information content (AvgIpc) is 2.75. The van der Waals surface area contributed by atoms with Gasteiger partial charge in [0.15, 0.2) is 0 Å². The van der Waals surface area contributed by atoms with E-state index >= 15 is 0 Å². The van der Waals surface area contributed by atoms with Crippen LogP contribution in [0.2, 0.25) is 0 Å². The maximum absolute atomic E-state index is 11.4. The zero-order valence-electron chi connectivity index (χ0n) is 20.2. The lowest BCUT2D eigenvalue weighted by Gasteiger charge is -2.10. The monoisotopic (exact) mass is 440 g/mol. The molecular formula is C28H40O4. The fourth-order valence-corrected chi connectivity index (χ4v) is 3.09. The molecule has 0 unspecified atom stereocenters. The second-order valence-corrected chi connectivity index (χ2v) is 7.94. The number of phenolic OH excluding ortho intramolecular Hbond substituents is 1. The van der Waals surface area contributed by atoms with Gasteiger partial charge in [-0.3, -0.25) is 0 Å². The molecule has 0 amide bonds. The highest BCUT2D eigenvalue weighted by Gasteiger charge is 2.03. The highest BCUT2D eigenvalue weighted by Crippen LogP contribution is 2.25. The Labute approximate surface area is 194 Å². The maximum Gasteiger partial charge on any atom is 0.330 e. The molecule has 176 valence electrons. The van der Waals surface area contributed by atoms with Crippen molar-refractivity contribution in [1.82, 2.24) is 0 Å². The topological polar surface area (TPSA) is 55.8 Å². The molecule has 0 heterocycles. The highest BCUT2D eigenvalue weighted by atomic mass is 16.5. The summed E-state index contributed by atoms with van der Waals surface area (Å²) in [5.41, 5.74) is 2.71. The fourth-order valence-electron chi connectivity index (χ4n) is 3.09. The van der Waals surface area contributed by atoms with Crippen LogP contribution in [0.15, 0.2) is 59.7 Å². The van der Waals surface area contributed by atoms with E-state index in [-0.39, 0.29) is 11.7 Å². The number of allylic oxidation sites excluding steroid dienone is 6. The normalized spacial score (nSPS) is 12.6. The van der Waals surface area contributed by atoms with Crippen molar-refractivity contribution in [3.05, 3.63) is 65.3 Å². The number of aromatic hydroxyl groups is 1. The van der Waals surface area contributed by atoms with Gasteiger partial charge in [0, 0.05) is 11.6 Å². The van der Waals surface area contributed by atoms with E-state index in [9.17, 15) is 9.90 Å². The summed E-state index contributed by atoms with van der Waals surface area (Å²) in [7, 11) is 0. The lowest BCUT2D eigenvalue weighted by Crippen LogP contribution is -1.99. The minimum atomic E-state index is -0.330. The van der Waals surface area contributed by atoms with Crippen molar-refractivity contribution < 1.29 is 19.4 Å². The van der Waals surface area contributed by atoms with Crippen molar-refractivity contribution in [3.63, 3.8) is 0 Å². The molecule has 0 aliphatic carbocycles. The first-order valence-corrected chi connectivity index (χ1v) is 11.8. The molecule has 1 rings (SSSR count). The second kappa shape index (κ2) is 16.9. The summed E-state index contributed by atoms with van der Waals surface area (Å²) in [4.78, 5) is 11.4. The van der Waals surface area contributed by atoms with E-state index in [1.807, 2.05) is 50.3 Å². The summed E-state index contributed by atoms with van der Waals surface area (Å²) in [5.74, 6) is 0.666. The van der Waals surface area contributed by atoms with Crippen LogP contribution in [-0.4, -0.2) is 24.3 Å². The van der Waals surface area contributed by atoms with Crippen molar-refractivity contribution in [1.29, 1.82) is 0 Å². The molecule has 1 N–H and O–H groups in total. The van der Waals surface area contributed by atoms with Crippen LogP contribution in [0.3, 0.4) is 0 Å². The van der Waals surface area contributed by atoms with Crippen molar-refractivity contribution in [2.24, 2.45) is 0 Å². The van der Waals surface area contributed by atoms with E-state index < -0.39 is 0 Å². The van der Waals surface area contributed by atoms with Gasteiger partial charge in [0.2, 0.25) is 0 Å². The van der Waals surface area contributed by atoms with Gasteiger partial charge < -0.3 is 14.6 Å². The smallest absolute Gasteiger partial charge is 0.330 e. The standard InChI is InChI=1S/C28H40O4/c1-5-7-8-9-10-11-12-20-32-27-19-18-26(29)22-25(27)17-16-23(3)14-13-15-24(4)21-28(30)31-6-2/h13-19,21-22,29H,5-12,20H2,1-4H3. The van der Waals surface area contributed by atoms with Crippen molar-refractivity contribution in [2.75, 3.05) is 13.2 Å². The molecule has 1 aromatic rings. The third kappa shape index (κ3) is 12.8. The highest BCUT2D eigenvalue weighted by molar-refractivity contribution is 5.83.